The van der Waals surface area contributed by atoms with Crippen molar-refractivity contribution in [1.82, 2.24) is 13.7 Å². The predicted molar refractivity (Wildman–Crippen MR) is 342 cm³/mol. The Balaban J connectivity index is 0.887. The van der Waals surface area contributed by atoms with Gasteiger partial charge in [0, 0.05) is 83.1 Å². The third-order valence-corrected chi connectivity index (χ3v) is 18.5. The van der Waals surface area contributed by atoms with Crippen LogP contribution in [0.4, 0.5) is 17.1 Å². The Morgan fingerprint density at radius 3 is 0.679 bits per heavy atom. The largest absolute Gasteiger partial charge is 0.416 e. The molecule has 3 aromatic heterocycles. The van der Waals surface area contributed by atoms with Gasteiger partial charge in [-0.2, -0.15) is 0 Å². The number of nitrogens with zero attached hydrogens (tertiary/aromatic N) is 6. The molecule has 0 aliphatic carbocycles. The predicted octanol–water partition coefficient (Wildman–Crippen LogP) is 14.9. The summed E-state index contributed by atoms with van der Waals surface area (Å²) < 4.78 is 15.7. The van der Waals surface area contributed by atoms with E-state index in [1.807, 2.05) is 0 Å². The molecule has 19 rings (SSSR count). The minimum atomic E-state index is -0.213. The molecule has 1 fully saturated rings. The molecule has 0 bridgehead atoms. The number of hydrogen-bond acceptors (Lipinski definition) is 3. The van der Waals surface area contributed by atoms with Crippen LogP contribution < -0.4 is 30.6 Å². The van der Waals surface area contributed by atoms with E-state index in [1.54, 1.807) is 0 Å². The topological polar surface area (TPSA) is 24.5 Å². The number of fused-ring (bicyclic) bond motifs is 30. The third kappa shape index (κ3) is 5.74. The van der Waals surface area contributed by atoms with E-state index in [9.17, 15) is 0 Å². The van der Waals surface area contributed by atoms with Gasteiger partial charge in [-0.25, -0.2) is 0 Å². The molecule has 12 aromatic carbocycles. The lowest BCUT2D eigenvalue weighted by Crippen LogP contribution is -2.88. The smallest absolute Gasteiger partial charge is 0.389 e. The second-order valence-corrected chi connectivity index (χ2v) is 22.3. The molecule has 15 aromatic rings. The van der Waals surface area contributed by atoms with E-state index in [-0.39, 0.29) is 20.9 Å². The second kappa shape index (κ2) is 16.1. The number of rotatable bonds is 3. The average molecular weight is 1030 g/mol. The molecule has 0 N–H and O–H groups in total. The molecule has 0 saturated carbocycles. The summed E-state index contributed by atoms with van der Waals surface area (Å²) in [5.74, 6) is 0. The van der Waals surface area contributed by atoms with Gasteiger partial charge in [-0.05, 0) is 124 Å². The van der Waals surface area contributed by atoms with E-state index in [1.165, 1.54) is 132 Å². The van der Waals surface area contributed by atoms with Crippen LogP contribution in [0.3, 0.4) is 0 Å². The highest BCUT2D eigenvalue weighted by Crippen LogP contribution is 2.50. The Labute approximate surface area is 468 Å². The maximum absolute atomic E-state index is 2.78. The van der Waals surface area contributed by atoms with Crippen molar-refractivity contribution in [2.24, 2.45) is 0 Å². The first-order chi connectivity index (χ1) is 40.2. The number of aromatic nitrogens is 3. The third-order valence-electron chi connectivity index (χ3n) is 18.5. The maximum atomic E-state index is 2.78. The SMILES string of the molecule is c1ccc2c(c1)-c1cc(-n3c4ccccc4c4ccccc43)ccc1B1N2B2c3ccc(-n4c5ccccc5c5ccccc54)cc3-c3ccccc3N2B2c3ccc(-n4c5ccccc5c5ccccc54)cc3-c3ccccc3N12. The Bertz CT molecular complexity index is 4540. The van der Waals surface area contributed by atoms with Gasteiger partial charge in [-0.3, -0.25) is 0 Å². The van der Waals surface area contributed by atoms with Gasteiger partial charge in [-0.15, -0.1) is 0 Å². The van der Waals surface area contributed by atoms with Gasteiger partial charge in [-0.1, -0.05) is 182 Å². The standard InChI is InChI=1S/C72H45B3N6/c1-10-28-64-49(19-1)50-20-2-11-29-65(50)76(64)46-37-40-61-58(43-46)55-25-7-16-34-70(55)79-73(61)80-71-35-17-8-26-56(71)59-44-48(78-68-32-14-5-23-53(68)54-24-6-15-33-69(54)78)39-42-63(59)75(80)81-72-36-18-9-27-57(72)60-45-47(38-41-62(60)74(79)81)77-66-30-12-3-21-51(66)52-22-4-13-31-67(52)77/h1-45H. The summed E-state index contributed by atoms with van der Waals surface area (Å²) in [6, 6.07) is 103. The highest BCUT2D eigenvalue weighted by atomic mass is 15.3. The summed E-state index contributed by atoms with van der Waals surface area (Å²) in [7, 11) is 0. The Hall–Kier alpha value is -10.4. The van der Waals surface area contributed by atoms with E-state index >= 15 is 0 Å². The minimum absolute atomic E-state index is 0.213. The summed E-state index contributed by atoms with van der Waals surface area (Å²) in [6.07, 6.45) is 0. The zero-order chi connectivity index (χ0) is 52.6. The monoisotopic (exact) mass is 1030 g/mol. The van der Waals surface area contributed by atoms with Crippen LogP contribution >= 0.6 is 0 Å². The summed E-state index contributed by atoms with van der Waals surface area (Å²) >= 11 is 0. The number of hydrogen-bond donors (Lipinski definition) is 0. The molecule has 0 amide bonds. The Morgan fingerprint density at radius 2 is 0.420 bits per heavy atom. The molecule has 0 spiro atoms. The lowest BCUT2D eigenvalue weighted by Gasteiger charge is -2.61. The quantitative estimate of drug-likeness (QED) is 0.165. The van der Waals surface area contributed by atoms with Crippen LogP contribution in [0.2, 0.25) is 0 Å². The minimum Gasteiger partial charge on any atom is -0.416 e. The van der Waals surface area contributed by atoms with Crippen molar-refractivity contribution < 1.29 is 0 Å². The van der Waals surface area contributed by atoms with Gasteiger partial charge in [0.15, 0.2) is 0 Å². The van der Waals surface area contributed by atoms with Gasteiger partial charge in [0.2, 0.25) is 0 Å². The second-order valence-electron chi connectivity index (χ2n) is 22.3. The van der Waals surface area contributed by atoms with E-state index in [4.69, 9.17) is 0 Å². The maximum Gasteiger partial charge on any atom is 0.389 e. The van der Waals surface area contributed by atoms with Gasteiger partial charge < -0.3 is 27.9 Å². The van der Waals surface area contributed by atoms with Crippen molar-refractivity contribution in [3.8, 4) is 50.4 Å². The Kier molecular flexibility index (Phi) is 8.68. The normalized spacial score (nSPS) is 13.8. The lowest BCUT2D eigenvalue weighted by molar-refractivity contribution is 1.18. The van der Waals surface area contributed by atoms with Crippen molar-refractivity contribution in [1.29, 1.82) is 0 Å². The molecular formula is C72H45B3N6. The molecule has 4 aliphatic rings. The molecule has 0 unspecified atom stereocenters. The van der Waals surface area contributed by atoms with Crippen LogP contribution in [0, 0.1) is 0 Å². The van der Waals surface area contributed by atoms with Gasteiger partial charge >= 0.3 is 20.9 Å². The van der Waals surface area contributed by atoms with Crippen LogP contribution in [-0.4, -0.2) is 34.6 Å². The summed E-state index contributed by atoms with van der Waals surface area (Å²) in [5.41, 5.74) is 25.6. The lowest BCUT2D eigenvalue weighted by atomic mass is 9.34. The van der Waals surface area contributed by atoms with Crippen LogP contribution in [0.15, 0.2) is 273 Å². The first-order valence-electron chi connectivity index (χ1n) is 28.3. The average Bonchev–Trinajstić information content (AvgIpc) is 2.06. The van der Waals surface area contributed by atoms with Crippen molar-refractivity contribution >= 4 is 120 Å². The first-order valence-corrected chi connectivity index (χ1v) is 28.3. The molecule has 81 heavy (non-hydrogen) atoms. The summed E-state index contributed by atoms with van der Waals surface area (Å²) in [6.45, 7) is -0.639. The molecule has 9 heteroatoms. The highest BCUT2D eigenvalue weighted by molar-refractivity contribution is 7.16. The zero-order valence-electron chi connectivity index (χ0n) is 43.9. The number of para-hydroxylation sites is 9. The molecule has 7 heterocycles. The van der Waals surface area contributed by atoms with Crippen molar-refractivity contribution in [3.05, 3.63) is 273 Å². The van der Waals surface area contributed by atoms with E-state index in [2.05, 4.69) is 301 Å². The van der Waals surface area contributed by atoms with Crippen molar-refractivity contribution in [2.45, 2.75) is 0 Å². The molecule has 4 aliphatic heterocycles. The van der Waals surface area contributed by atoms with Crippen molar-refractivity contribution in [2.75, 3.05) is 14.2 Å². The van der Waals surface area contributed by atoms with Gasteiger partial charge in [0.1, 0.15) is 0 Å². The van der Waals surface area contributed by atoms with E-state index < -0.39 is 0 Å². The van der Waals surface area contributed by atoms with Gasteiger partial charge in [0.05, 0.1) is 33.1 Å². The highest BCUT2D eigenvalue weighted by Gasteiger charge is 2.61. The Morgan fingerprint density at radius 1 is 0.198 bits per heavy atom. The van der Waals surface area contributed by atoms with Crippen LogP contribution in [0.5, 0.6) is 0 Å². The number of anilines is 3. The first kappa shape index (κ1) is 43.6. The molecular weight excluding hydrogens is 981 g/mol. The number of benzene rings is 12. The molecule has 372 valence electrons. The molecule has 0 radical (unpaired) electrons. The molecule has 0 atom stereocenters. The fourth-order valence-electron chi connectivity index (χ4n) is 15.3. The molecule has 1 saturated heterocycles. The summed E-state index contributed by atoms with van der Waals surface area (Å²) in [4.78, 5) is 0. The van der Waals surface area contributed by atoms with Crippen LogP contribution in [0.1, 0.15) is 0 Å². The van der Waals surface area contributed by atoms with Gasteiger partial charge in [0.25, 0.3) is 0 Å². The fraction of sp³-hybridized carbons (Fsp3) is 0. The fourth-order valence-corrected chi connectivity index (χ4v) is 15.3. The van der Waals surface area contributed by atoms with E-state index in [0.29, 0.717) is 0 Å². The van der Waals surface area contributed by atoms with E-state index in [0.717, 1.165) is 17.1 Å². The zero-order valence-corrected chi connectivity index (χ0v) is 43.9. The molecule has 6 nitrogen and oxygen atoms in total. The summed E-state index contributed by atoms with van der Waals surface area (Å²) in [5, 5.41) is 7.56. The van der Waals surface area contributed by atoms with Crippen molar-refractivity contribution in [3.63, 3.8) is 0 Å². The van der Waals surface area contributed by atoms with Crippen LogP contribution in [0.25, 0.3) is 116 Å². The van der Waals surface area contributed by atoms with Crippen LogP contribution in [-0.2, 0) is 0 Å².